The SMILES string of the molecule is CNC(=O)CCO/N=C/c1cc(C(=O)NOCCO)c(Nc2ccc(C)cc2F)c(F)c1P. The van der Waals surface area contributed by atoms with Crippen molar-refractivity contribution in [3.63, 3.8) is 0 Å². The predicted octanol–water partition coefficient (Wildman–Crippen LogP) is 1.66. The third-order valence-corrected chi connectivity index (χ3v) is 4.88. The quantitative estimate of drug-likeness (QED) is 0.167. The van der Waals surface area contributed by atoms with E-state index in [0.29, 0.717) is 5.56 Å². The van der Waals surface area contributed by atoms with Crippen LogP contribution < -0.4 is 21.4 Å². The number of rotatable bonds is 11. The Morgan fingerprint density at radius 1 is 1.24 bits per heavy atom. The molecule has 178 valence electrons. The zero-order chi connectivity index (χ0) is 24.4. The Morgan fingerprint density at radius 3 is 2.67 bits per heavy atom. The average molecular weight is 482 g/mol. The van der Waals surface area contributed by atoms with Crippen LogP contribution in [0.2, 0.25) is 0 Å². The Balaban J connectivity index is 2.37. The third kappa shape index (κ3) is 7.45. The summed E-state index contributed by atoms with van der Waals surface area (Å²) in [7, 11) is 3.68. The van der Waals surface area contributed by atoms with Crippen molar-refractivity contribution in [2.45, 2.75) is 13.3 Å². The topological polar surface area (TPSA) is 121 Å². The first-order valence-electron chi connectivity index (χ1n) is 9.82. The Labute approximate surface area is 191 Å². The van der Waals surface area contributed by atoms with E-state index in [1.54, 1.807) is 13.0 Å². The van der Waals surface area contributed by atoms with Crippen LogP contribution >= 0.6 is 9.24 Å². The first-order chi connectivity index (χ1) is 15.8. The van der Waals surface area contributed by atoms with E-state index in [4.69, 9.17) is 14.8 Å². The van der Waals surface area contributed by atoms with Crippen LogP contribution in [0.15, 0.2) is 29.4 Å². The lowest BCUT2D eigenvalue weighted by Gasteiger charge is -2.17. The molecule has 0 aliphatic rings. The molecule has 0 aliphatic carbocycles. The van der Waals surface area contributed by atoms with E-state index in [2.05, 4.69) is 30.5 Å². The lowest BCUT2D eigenvalue weighted by atomic mass is 10.1. The monoisotopic (exact) mass is 482 g/mol. The summed E-state index contributed by atoms with van der Waals surface area (Å²) in [5.41, 5.74) is 2.42. The number of halogens is 2. The number of aliphatic hydroxyl groups excluding tert-OH is 1. The predicted molar refractivity (Wildman–Crippen MR) is 123 cm³/mol. The second kappa shape index (κ2) is 12.8. The average Bonchev–Trinajstić information content (AvgIpc) is 2.79. The molecule has 2 aromatic carbocycles. The van der Waals surface area contributed by atoms with Crippen LogP contribution in [0.1, 0.15) is 27.9 Å². The van der Waals surface area contributed by atoms with Gasteiger partial charge in [0.1, 0.15) is 12.4 Å². The zero-order valence-corrected chi connectivity index (χ0v) is 19.2. The minimum absolute atomic E-state index is 0.000467. The standard InChI is InChI=1S/C21H25F2N4O5P/c1-12-3-4-16(15(22)9-12)26-19-14(21(30)27-32-8-6-28)10-13(20(33)18(19)23)11-25-31-7-5-17(29)24-2/h3-4,9-11,26,28H,5-8,33H2,1-2H3,(H,24,29)(H,27,30)/b25-11+. The van der Waals surface area contributed by atoms with Crippen LogP contribution in [0.5, 0.6) is 0 Å². The fraction of sp³-hybridized carbons (Fsp3) is 0.286. The van der Waals surface area contributed by atoms with Crippen LogP contribution in [0.3, 0.4) is 0 Å². The highest BCUT2D eigenvalue weighted by Crippen LogP contribution is 2.28. The number of oxime groups is 1. The van der Waals surface area contributed by atoms with Crippen molar-refractivity contribution in [2.75, 3.05) is 32.2 Å². The third-order valence-electron chi connectivity index (χ3n) is 4.29. The Kier molecular flexibility index (Phi) is 10.1. The molecule has 2 rings (SSSR count). The van der Waals surface area contributed by atoms with Gasteiger partial charge in [-0.15, -0.1) is 9.24 Å². The molecule has 2 amide bonds. The van der Waals surface area contributed by atoms with E-state index in [1.807, 2.05) is 0 Å². The van der Waals surface area contributed by atoms with Gasteiger partial charge in [-0.1, -0.05) is 11.2 Å². The van der Waals surface area contributed by atoms with Gasteiger partial charge in [-0.3, -0.25) is 14.4 Å². The van der Waals surface area contributed by atoms with E-state index < -0.39 is 17.5 Å². The molecular weight excluding hydrogens is 457 g/mol. The van der Waals surface area contributed by atoms with E-state index in [9.17, 15) is 14.0 Å². The van der Waals surface area contributed by atoms with Crippen molar-refractivity contribution < 1.29 is 33.2 Å². The summed E-state index contributed by atoms with van der Waals surface area (Å²) < 4.78 is 29.6. The number of hydrogen-bond donors (Lipinski definition) is 4. The number of anilines is 2. The molecule has 12 heteroatoms. The smallest absolute Gasteiger partial charge is 0.277 e. The van der Waals surface area contributed by atoms with E-state index in [-0.39, 0.29) is 60.0 Å². The first kappa shape index (κ1) is 26.1. The van der Waals surface area contributed by atoms with Crippen LogP contribution in [-0.4, -0.2) is 50.0 Å². The molecule has 0 saturated heterocycles. The molecule has 0 bridgehead atoms. The number of aliphatic hydroxyl groups is 1. The molecule has 0 aliphatic heterocycles. The second-order valence-electron chi connectivity index (χ2n) is 6.72. The molecule has 0 radical (unpaired) electrons. The number of hydrogen-bond acceptors (Lipinski definition) is 7. The highest BCUT2D eigenvalue weighted by atomic mass is 31.0. The molecule has 0 heterocycles. The number of amides is 2. The molecule has 4 N–H and O–H groups in total. The number of benzene rings is 2. The van der Waals surface area contributed by atoms with E-state index >= 15 is 4.39 Å². The zero-order valence-electron chi connectivity index (χ0n) is 18.1. The number of hydroxylamine groups is 1. The summed E-state index contributed by atoms with van der Waals surface area (Å²) in [6, 6.07) is 5.63. The minimum Gasteiger partial charge on any atom is -0.395 e. The molecule has 33 heavy (non-hydrogen) atoms. The number of carbonyl (C=O) groups is 2. The maximum absolute atomic E-state index is 15.3. The normalized spacial score (nSPS) is 10.8. The summed E-state index contributed by atoms with van der Waals surface area (Å²) in [6.07, 6.45) is 1.26. The molecule has 0 fully saturated rings. The summed E-state index contributed by atoms with van der Waals surface area (Å²) in [5.74, 6) is -2.54. The summed E-state index contributed by atoms with van der Waals surface area (Å²) >= 11 is 0. The van der Waals surface area contributed by atoms with Gasteiger partial charge in [0.15, 0.2) is 5.82 Å². The molecular formula is C21H25F2N4O5P. The first-order valence-corrected chi connectivity index (χ1v) is 10.4. The fourth-order valence-corrected chi connectivity index (χ4v) is 2.88. The summed E-state index contributed by atoms with van der Waals surface area (Å²) in [5, 5.41) is 17.6. The van der Waals surface area contributed by atoms with Gasteiger partial charge >= 0.3 is 0 Å². The number of nitrogens with one attached hydrogen (secondary N) is 3. The highest BCUT2D eigenvalue weighted by Gasteiger charge is 2.21. The van der Waals surface area contributed by atoms with Crippen LogP contribution in [0.4, 0.5) is 20.2 Å². The largest absolute Gasteiger partial charge is 0.395 e. The molecule has 1 atom stereocenters. The van der Waals surface area contributed by atoms with Gasteiger partial charge in [0.05, 0.1) is 42.8 Å². The van der Waals surface area contributed by atoms with Crippen molar-refractivity contribution in [1.82, 2.24) is 10.8 Å². The Hall–Kier alpha value is -3.14. The summed E-state index contributed by atoms with van der Waals surface area (Å²) in [4.78, 5) is 33.6. The van der Waals surface area contributed by atoms with Gasteiger partial charge in [-0.2, -0.15) is 0 Å². The van der Waals surface area contributed by atoms with Crippen molar-refractivity contribution in [1.29, 1.82) is 0 Å². The molecule has 2 aromatic rings. The summed E-state index contributed by atoms with van der Waals surface area (Å²) in [6.45, 7) is 1.18. The van der Waals surface area contributed by atoms with Crippen LogP contribution in [-0.2, 0) is 14.5 Å². The lowest BCUT2D eigenvalue weighted by Crippen LogP contribution is -2.27. The van der Waals surface area contributed by atoms with Gasteiger partial charge in [0.2, 0.25) is 5.91 Å². The van der Waals surface area contributed by atoms with E-state index in [1.165, 1.54) is 31.5 Å². The van der Waals surface area contributed by atoms with Gasteiger partial charge in [0, 0.05) is 17.9 Å². The highest BCUT2D eigenvalue weighted by molar-refractivity contribution is 7.27. The number of nitrogens with zero attached hydrogens (tertiary/aromatic N) is 1. The molecule has 0 spiro atoms. The van der Waals surface area contributed by atoms with Crippen molar-refractivity contribution in [2.24, 2.45) is 5.16 Å². The van der Waals surface area contributed by atoms with Gasteiger partial charge < -0.3 is 20.6 Å². The van der Waals surface area contributed by atoms with Crippen LogP contribution in [0, 0.1) is 18.6 Å². The van der Waals surface area contributed by atoms with Crippen LogP contribution in [0.25, 0.3) is 0 Å². The van der Waals surface area contributed by atoms with Crippen molar-refractivity contribution in [3.8, 4) is 0 Å². The van der Waals surface area contributed by atoms with E-state index in [0.717, 1.165) is 0 Å². The Bertz CT molecular complexity index is 1040. The molecule has 0 saturated carbocycles. The number of carbonyl (C=O) groups excluding carboxylic acids is 2. The lowest BCUT2D eigenvalue weighted by molar-refractivity contribution is -0.121. The van der Waals surface area contributed by atoms with Gasteiger partial charge in [-0.05, 0) is 30.7 Å². The number of aryl methyl sites for hydroxylation is 1. The van der Waals surface area contributed by atoms with Crippen molar-refractivity contribution >= 4 is 43.9 Å². The fourth-order valence-electron chi connectivity index (χ4n) is 2.58. The molecule has 9 nitrogen and oxygen atoms in total. The Morgan fingerprint density at radius 2 is 2.00 bits per heavy atom. The molecule has 0 aromatic heterocycles. The minimum atomic E-state index is -0.846. The second-order valence-corrected chi connectivity index (χ2v) is 7.30. The molecule has 1 unspecified atom stereocenters. The van der Waals surface area contributed by atoms with Gasteiger partial charge in [0.25, 0.3) is 5.91 Å². The maximum Gasteiger partial charge on any atom is 0.277 e. The maximum atomic E-state index is 15.3. The van der Waals surface area contributed by atoms with Gasteiger partial charge in [-0.25, -0.2) is 14.3 Å². The van der Waals surface area contributed by atoms with Crippen molar-refractivity contribution in [3.05, 3.63) is 52.6 Å².